The average Bonchev–Trinajstić information content (AvgIpc) is 2.68. The van der Waals surface area contributed by atoms with E-state index in [4.69, 9.17) is 4.98 Å². The summed E-state index contributed by atoms with van der Waals surface area (Å²) in [5, 5.41) is 9.32. The zero-order valence-corrected chi connectivity index (χ0v) is 13.9. The van der Waals surface area contributed by atoms with Crippen LogP contribution in [0, 0.1) is 0 Å². The standard InChI is InChI=1S/C19H21N5/c1-2-23-10-12-24(13-11-23)18-14-17(15-6-4-3-5-7-15)16-8-9-20-22-19(16)21-18/h3-9,14H,2,10-13H2,1H3. The van der Waals surface area contributed by atoms with Crippen LogP contribution in [0.15, 0.2) is 48.7 Å². The van der Waals surface area contributed by atoms with E-state index in [0.29, 0.717) is 5.65 Å². The smallest absolute Gasteiger partial charge is 0.184 e. The molecule has 0 N–H and O–H groups in total. The number of fused-ring (bicyclic) bond motifs is 1. The van der Waals surface area contributed by atoms with Gasteiger partial charge in [-0.1, -0.05) is 37.3 Å². The van der Waals surface area contributed by atoms with Crippen LogP contribution in [0.5, 0.6) is 0 Å². The third kappa shape index (κ3) is 2.83. The summed E-state index contributed by atoms with van der Waals surface area (Å²) in [5.41, 5.74) is 3.07. The molecule has 0 atom stereocenters. The number of pyridine rings is 1. The number of hydrogen-bond donors (Lipinski definition) is 0. The highest BCUT2D eigenvalue weighted by Gasteiger charge is 2.19. The highest BCUT2D eigenvalue weighted by Crippen LogP contribution is 2.30. The first kappa shape index (κ1) is 15.0. The first-order valence-electron chi connectivity index (χ1n) is 8.50. The minimum atomic E-state index is 0.715. The second kappa shape index (κ2) is 6.53. The molecule has 2 aromatic heterocycles. The first-order chi connectivity index (χ1) is 11.8. The van der Waals surface area contributed by atoms with Crippen molar-refractivity contribution in [1.29, 1.82) is 0 Å². The Morgan fingerprint density at radius 1 is 1.00 bits per heavy atom. The molecule has 0 amide bonds. The summed E-state index contributed by atoms with van der Waals surface area (Å²) in [4.78, 5) is 9.59. The van der Waals surface area contributed by atoms with E-state index in [9.17, 15) is 0 Å². The Kier molecular flexibility index (Phi) is 4.09. The summed E-state index contributed by atoms with van der Waals surface area (Å²) in [6.07, 6.45) is 1.73. The molecule has 5 heteroatoms. The van der Waals surface area contributed by atoms with Gasteiger partial charge in [-0.15, -0.1) is 5.10 Å². The lowest BCUT2D eigenvalue weighted by atomic mass is 10.0. The predicted molar refractivity (Wildman–Crippen MR) is 97.1 cm³/mol. The number of likely N-dealkylation sites (N-methyl/N-ethyl adjacent to an activating group) is 1. The molecule has 0 saturated carbocycles. The number of anilines is 1. The Morgan fingerprint density at radius 2 is 1.79 bits per heavy atom. The van der Waals surface area contributed by atoms with E-state index in [1.54, 1.807) is 6.20 Å². The van der Waals surface area contributed by atoms with E-state index in [1.165, 1.54) is 11.1 Å². The molecule has 3 heterocycles. The molecule has 122 valence electrons. The lowest BCUT2D eigenvalue weighted by Crippen LogP contribution is -2.46. The molecule has 1 saturated heterocycles. The molecule has 24 heavy (non-hydrogen) atoms. The van der Waals surface area contributed by atoms with Crippen LogP contribution in [-0.4, -0.2) is 52.8 Å². The van der Waals surface area contributed by atoms with Crippen LogP contribution < -0.4 is 4.90 Å². The Labute approximate surface area is 142 Å². The molecule has 4 rings (SSSR count). The summed E-state index contributed by atoms with van der Waals surface area (Å²) < 4.78 is 0. The first-order valence-corrected chi connectivity index (χ1v) is 8.50. The molecule has 1 aromatic carbocycles. The topological polar surface area (TPSA) is 45.2 Å². The molecule has 0 bridgehead atoms. The van der Waals surface area contributed by atoms with Gasteiger partial charge in [-0.25, -0.2) is 4.98 Å². The third-order valence-corrected chi connectivity index (χ3v) is 4.71. The van der Waals surface area contributed by atoms with Gasteiger partial charge >= 0.3 is 0 Å². The van der Waals surface area contributed by atoms with Crippen LogP contribution in [0.3, 0.4) is 0 Å². The van der Waals surface area contributed by atoms with E-state index >= 15 is 0 Å². The fourth-order valence-electron chi connectivity index (χ4n) is 3.28. The monoisotopic (exact) mass is 319 g/mol. The van der Waals surface area contributed by atoms with Crippen molar-refractivity contribution < 1.29 is 0 Å². The Bertz CT molecular complexity index is 826. The van der Waals surface area contributed by atoms with Gasteiger partial charge in [0.25, 0.3) is 0 Å². The van der Waals surface area contributed by atoms with Crippen LogP contribution in [0.2, 0.25) is 0 Å². The maximum absolute atomic E-state index is 4.77. The van der Waals surface area contributed by atoms with Crippen molar-refractivity contribution in [3.05, 3.63) is 48.7 Å². The minimum absolute atomic E-state index is 0.715. The van der Waals surface area contributed by atoms with Gasteiger partial charge in [0, 0.05) is 31.6 Å². The normalized spacial score (nSPS) is 15.8. The lowest BCUT2D eigenvalue weighted by Gasteiger charge is -2.35. The van der Waals surface area contributed by atoms with E-state index in [0.717, 1.165) is 43.9 Å². The van der Waals surface area contributed by atoms with Gasteiger partial charge in [-0.05, 0) is 29.8 Å². The highest BCUT2D eigenvalue weighted by molar-refractivity contribution is 5.94. The molecule has 1 aliphatic rings. The number of benzene rings is 1. The van der Waals surface area contributed by atoms with Gasteiger partial charge < -0.3 is 9.80 Å². The third-order valence-electron chi connectivity index (χ3n) is 4.71. The number of nitrogens with zero attached hydrogens (tertiary/aromatic N) is 5. The maximum atomic E-state index is 4.77. The van der Waals surface area contributed by atoms with Crippen molar-refractivity contribution >= 4 is 16.9 Å². The molecular formula is C19H21N5. The summed E-state index contributed by atoms with van der Waals surface area (Å²) in [5.74, 6) is 0.998. The fourth-order valence-corrected chi connectivity index (χ4v) is 3.28. The van der Waals surface area contributed by atoms with Crippen LogP contribution >= 0.6 is 0 Å². The quantitative estimate of drug-likeness (QED) is 0.743. The molecule has 0 aliphatic carbocycles. The molecule has 5 nitrogen and oxygen atoms in total. The Balaban J connectivity index is 1.78. The minimum Gasteiger partial charge on any atom is -0.354 e. The van der Waals surface area contributed by atoms with Gasteiger partial charge in [-0.3, -0.25) is 0 Å². The van der Waals surface area contributed by atoms with E-state index in [-0.39, 0.29) is 0 Å². The predicted octanol–water partition coefficient (Wildman–Crippen LogP) is 2.83. The highest BCUT2D eigenvalue weighted by atomic mass is 15.3. The maximum Gasteiger partial charge on any atom is 0.184 e. The van der Waals surface area contributed by atoms with Crippen molar-refractivity contribution in [3.8, 4) is 11.1 Å². The zero-order chi connectivity index (χ0) is 16.4. The lowest BCUT2D eigenvalue weighted by molar-refractivity contribution is 0.270. The van der Waals surface area contributed by atoms with Crippen molar-refractivity contribution in [1.82, 2.24) is 20.1 Å². The number of rotatable bonds is 3. The largest absolute Gasteiger partial charge is 0.354 e. The molecule has 1 aliphatic heterocycles. The number of aromatic nitrogens is 3. The van der Waals surface area contributed by atoms with Crippen LogP contribution in [-0.2, 0) is 0 Å². The number of hydrogen-bond acceptors (Lipinski definition) is 5. The Morgan fingerprint density at radius 3 is 2.54 bits per heavy atom. The van der Waals surface area contributed by atoms with Crippen molar-refractivity contribution in [3.63, 3.8) is 0 Å². The SMILES string of the molecule is CCN1CCN(c2cc(-c3ccccc3)c3ccnnc3n2)CC1. The van der Waals surface area contributed by atoms with Gasteiger partial charge in [0.1, 0.15) is 5.82 Å². The summed E-state index contributed by atoms with van der Waals surface area (Å²) >= 11 is 0. The number of piperazine rings is 1. The van der Waals surface area contributed by atoms with Gasteiger partial charge in [0.15, 0.2) is 5.65 Å². The summed E-state index contributed by atoms with van der Waals surface area (Å²) in [7, 11) is 0. The van der Waals surface area contributed by atoms with E-state index < -0.39 is 0 Å². The molecule has 1 fully saturated rings. The van der Waals surface area contributed by atoms with Gasteiger partial charge in [0.2, 0.25) is 0 Å². The molecule has 0 radical (unpaired) electrons. The van der Waals surface area contributed by atoms with Gasteiger partial charge in [-0.2, -0.15) is 5.10 Å². The zero-order valence-electron chi connectivity index (χ0n) is 13.9. The van der Waals surface area contributed by atoms with Crippen LogP contribution in [0.1, 0.15) is 6.92 Å². The second-order valence-electron chi connectivity index (χ2n) is 6.08. The van der Waals surface area contributed by atoms with Crippen molar-refractivity contribution in [2.24, 2.45) is 0 Å². The van der Waals surface area contributed by atoms with Gasteiger partial charge in [0.05, 0.1) is 6.20 Å². The Hall–Kier alpha value is -2.53. The molecule has 0 spiro atoms. The van der Waals surface area contributed by atoms with E-state index in [1.807, 2.05) is 12.1 Å². The summed E-state index contributed by atoms with van der Waals surface area (Å²) in [6, 6.07) is 14.6. The molecular weight excluding hydrogens is 298 g/mol. The van der Waals surface area contributed by atoms with Crippen molar-refractivity contribution in [2.75, 3.05) is 37.6 Å². The van der Waals surface area contributed by atoms with E-state index in [2.05, 4.69) is 57.3 Å². The van der Waals surface area contributed by atoms with Crippen molar-refractivity contribution in [2.45, 2.75) is 6.92 Å². The molecule has 0 unspecified atom stereocenters. The fraction of sp³-hybridized carbons (Fsp3) is 0.316. The summed E-state index contributed by atoms with van der Waals surface area (Å²) in [6.45, 7) is 7.49. The van der Waals surface area contributed by atoms with Crippen LogP contribution in [0.4, 0.5) is 5.82 Å². The average molecular weight is 319 g/mol. The second-order valence-corrected chi connectivity index (χ2v) is 6.08. The molecule has 3 aromatic rings. The van der Waals surface area contributed by atoms with Crippen LogP contribution in [0.25, 0.3) is 22.2 Å².